The Morgan fingerprint density at radius 2 is 2.16 bits per heavy atom. The van der Waals surface area contributed by atoms with Crippen molar-refractivity contribution in [1.29, 1.82) is 0 Å². The molecule has 0 saturated carbocycles. The third-order valence-electron chi connectivity index (χ3n) is 3.64. The van der Waals surface area contributed by atoms with Gasteiger partial charge in [-0.15, -0.1) is 0 Å². The largest absolute Gasteiger partial charge is 0.394 e. The number of aromatic nitrogens is 3. The summed E-state index contributed by atoms with van der Waals surface area (Å²) in [6, 6.07) is 4.11. The van der Waals surface area contributed by atoms with Crippen LogP contribution in [0, 0.1) is 0 Å². The first-order valence-electron chi connectivity index (χ1n) is 6.72. The molecule has 100 valence electrons. The summed E-state index contributed by atoms with van der Waals surface area (Å²) >= 11 is 0. The molecule has 0 radical (unpaired) electrons. The number of piperidine rings is 1. The van der Waals surface area contributed by atoms with Gasteiger partial charge in [-0.3, -0.25) is 0 Å². The van der Waals surface area contributed by atoms with Gasteiger partial charge in [0.2, 0.25) is 5.95 Å². The minimum Gasteiger partial charge on any atom is -0.394 e. The Morgan fingerprint density at radius 1 is 1.32 bits per heavy atom. The number of hydrogen-bond donors (Lipinski definition) is 2. The van der Waals surface area contributed by atoms with E-state index in [1.54, 1.807) is 0 Å². The lowest BCUT2D eigenvalue weighted by Crippen LogP contribution is -2.42. The highest BCUT2D eigenvalue weighted by atomic mass is 16.3. The first kappa shape index (κ1) is 12.2. The second-order valence-electron chi connectivity index (χ2n) is 4.88. The van der Waals surface area contributed by atoms with Crippen LogP contribution < -0.4 is 4.90 Å². The van der Waals surface area contributed by atoms with Gasteiger partial charge in [0.15, 0.2) is 0 Å². The van der Waals surface area contributed by atoms with E-state index in [9.17, 15) is 5.11 Å². The molecule has 0 aromatic carbocycles. The summed E-state index contributed by atoms with van der Waals surface area (Å²) in [6.07, 6.45) is 8.86. The average molecular weight is 258 g/mol. The monoisotopic (exact) mass is 258 g/mol. The summed E-state index contributed by atoms with van der Waals surface area (Å²) in [6.45, 7) is 1.09. The lowest BCUT2D eigenvalue weighted by atomic mass is 10.0. The highest BCUT2D eigenvalue weighted by molar-refractivity contribution is 5.57. The molecule has 3 heterocycles. The van der Waals surface area contributed by atoms with Gasteiger partial charge in [0.25, 0.3) is 0 Å². The topological polar surface area (TPSA) is 65.0 Å². The number of nitrogens with one attached hydrogen (secondary N) is 1. The molecule has 0 bridgehead atoms. The van der Waals surface area contributed by atoms with Gasteiger partial charge in [-0.25, -0.2) is 9.97 Å². The third-order valence-corrected chi connectivity index (χ3v) is 3.64. The zero-order chi connectivity index (χ0) is 13.1. The fourth-order valence-corrected chi connectivity index (χ4v) is 2.57. The van der Waals surface area contributed by atoms with Gasteiger partial charge < -0.3 is 15.0 Å². The van der Waals surface area contributed by atoms with E-state index in [2.05, 4.69) is 19.9 Å². The summed E-state index contributed by atoms with van der Waals surface area (Å²) < 4.78 is 0. The summed E-state index contributed by atoms with van der Waals surface area (Å²) in [7, 11) is 0. The smallest absolute Gasteiger partial charge is 0.225 e. The molecule has 0 amide bonds. The molecule has 2 N–H and O–H groups in total. The van der Waals surface area contributed by atoms with Gasteiger partial charge in [-0.05, 0) is 31.4 Å². The molecule has 19 heavy (non-hydrogen) atoms. The first-order chi connectivity index (χ1) is 9.38. The third kappa shape index (κ3) is 2.46. The van der Waals surface area contributed by atoms with E-state index in [4.69, 9.17) is 0 Å². The molecule has 1 atom stereocenters. The van der Waals surface area contributed by atoms with Crippen molar-refractivity contribution in [3.8, 4) is 11.3 Å². The van der Waals surface area contributed by atoms with Crippen LogP contribution in [0.3, 0.4) is 0 Å². The van der Waals surface area contributed by atoms with Crippen molar-refractivity contribution >= 4 is 5.95 Å². The Bertz CT molecular complexity index is 509. The molecule has 1 aliphatic heterocycles. The van der Waals surface area contributed by atoms with Crippen molar-refractivity contribution < 1.29 is 5.11 Å². The number of hydrogen-bond acceptors (Lipinski definition) is 4. The van der Waals surface area contributed by atoms with Crippen molar-refractivity contribution in [2.45, 2.75) is 25.3 Å². The van der Waals surface area contributed by atoms with E-state index < -0.39 is 0 Å². The van der Waals surface area contributed by atoms with Crippen LogP contribution in [0.15, 0.2) is 30.7 Å². The molecular formula is C14H18N4O. The molecule has 5 heteroatoms. The second-order valence-corrected chi connectivity index (χ2v) is 4.88. The number of H-pyrrole nitrogens is 1. The van der Waals surface area contributed by atoms with Gasteiger partial charge in [-0.1, -0.05) is 0 Å². The van der Waals surface area contributed by atoms with E-state index in [1.807, 2.05) is 30.7 Å². The quantitative estimate of drug-likeness (QED) is 0.881. The Morgan fingerprint density at radius 3 is 2.84 bits per heavy atom. The maximum Gasteiger partial charge on any atom is 0.225 e. The number of anilines is 1. The Balaban J connectivity index is 1.81. The van der Waals surface area contributed by atoms with Crippen LogP contribution in [0.1, 0.15) is 19.3 Å². The molecule has 2 aromatic heterocycles. The fourth-order valence-electron chi connectivity index (χ4n) is 2.57. The van der Waals surface area contributed by atoms with Crippen LogP contribution >= 0.6 is 0 Å². The van der Waals surface area contributed by atoms with E-state index in [0.29, 0.717) is 5.95 Å². The summed E-state index contributed by atoms with van der Waals surface area (Å²) in [5, 5.41) is 9.43. The van der Waals surface area contributed by atoms with Crippen molar-refractivity contribution in [3.63, 3.8) is 0 Å². The Hall–Kier alpha value is -1.88. The predicted octanol–water partition coefficient (Wildman–Crippen LogP) is 1.82. The van der Waals surface area contributed by atoms with Gasteiger partial charge in [0, 0.05) is 36.4 Å². The zero-order valence-corrected chi connectivity index (χ0v) is 10.8. The van der Waals surface area contributed by atoms with Crippen LogP contribution in [0.5, 0.6) is 0 Å². The highest BCUT2D eigenvalue weighted by Crippen LogP contribution is 2.22. The normalized spacial score (nSPS) is 19.6. The maximum absolute atomic E-state index is 9.43. The number of aliphatic hydroxyl groups is 1. The van der Waals surface area contributed by atoms with E-state index >= 15 is 0 Å². The number of aliphatic hydroxyl groups excluding tert-OH is 1. The molecule has 1 saturated heterocycles. The minimum absolute atomic E-state index is 0.157. The Kier molecular flexibility index (Phi) is 3.46. The van der Waals surface area contributed by atoms with Gasteiger partial charge >= 0.3 is 0 Å². The molecule has 3 rings (SSSR count). The van der Waals surface area contributed by atoms with Crippen LogP contribution in [0.4, 0.5) is 5.95 Å². The first-order valence-corrected chi connectivity index (χ1v) is 6.72. The van der Waals surface area contributed by atoms with Crippen LogP contribution in [0.2, 0.25) is 0 Å². The fraction of sp³-hybridized carbons (Fsp3) is 0.429. The van der Waals surface area contributed by atoms with Crippen LogP contribution in [-0.4, -0.2) is 39.3 Å². The molecule has 1 fully saturated rings. The zero-order valence-electron chi connectivity index (χ0n) is 10.8. The highest BCUT2D eigenvalue weighted by Gasteiger charge is 2.23. The summed E-state index contributed by atoms with van der Waals surface area (Å²) in [5.41, 5.74) is 2.00. The van der Waals surface area contributed by atoms with E-state index in [-0.39, 0.29) is 12.6 Å². The lowest BCUT2D eigenvalue weighted by Gasteiger charge is -2.34. The van der Waals surface area contributed by atoms with Gasteiger partial charge in [0.1, 0.15) is 0 Å². The van der Waals surface area contributed by atoms with Crippen molar-refractivity contribution in [1.82, 2.24) is 15.0 Å². The van der Waals surface area contributed by atoms with Crippen LogP contribution in [0.25, 0.3) is 11.3 Å². The molecule has 5 nitrogen and oxygen atoms in total. The lowest BCUT2D eigenvalue weighted by molar-refractivity contribution is 0.239. The SMILES string of the molecule is OCC1CCCCN1c1ncc(-c2ccc[nH]2)cn1. The molecule has 1 unspecified atom stereocenters. The predicted molar refractivity (Wildman–Crippen MR) is 73.9 cm³/mol. The van der Waals surface area contributed by atoms with Gasteiger partial charge in [-0.2, -0.15) is 0 Å². The van der Waals surface area contributed by atoms with E-state index in [0.717, 1.165) is 30.6 Å². The molecule has 0 spiro atoms. The number of nitrogens with zero attached hydrogens (tertiary/aromatic N) is 3. The van der Waals surface area contributed by atoms with Crippen molar-refractivity contribution in [2.24, 2.45) is 0 Å². The number of aromatic amines is 1. The standard InChI is InChI=1S/C14H18N4O/c19-10-12-4-1-2-7-18(12)14-16-8-11(9-17-14)13-5-3-6-15-13/h3,5-6,8-9,12,15,19H,1-2,4,7,10H2. The van der Waals surface area contributed by atoms with E-state index in [1.165, 1.54) is 6.42 Å². The second kappa shape index (κ2) is 5.40. The Labute approximate surface area is 112 Å². The van der Waals surface area contributed by atoms with Crippen molar-refractivity contribution in [2.75, 3.05) is 18.1 Å². The van der Waals surface area contributed by atoms with Gasteiger partial charge in [0.05, 0.1) is 12.6 Å². The summed E-state index contributed by atoms with van der Waals surface area (Å²) in [4.78, 5) is 14.1. The average Bonchev–Trinajstić information content (AvgIpc) is 3.02. The maximum atomic E-state index is 9.43. The summed E-state index contributed by atoms with van der Waals surface area (Å²) in [5.74, 6) is 0.717. The van der Waals surface area contributed by atoms with Crippen LogP contribution in [-0.2, 0) is 0 Å². The molecule has 2 aromatic rings. The van der Waals surface area contributed by atoms with Crippen molar-refractivity contribution in [3.05, 3.63) is 30.7 Å². The molecule has 0 aliphatic carbocycles. The minimum atomic E-state index is 0.157. The number of rotatable bonds is 3. The molecule has 1 aliphatic rings. The molecular weight excluding hydrogens is 240 g/mol.